The van der Waals surface area contributed by atoms with Crippen LogP contribution >= 0.6 is 17.2 Å². The molecule has 0 radical (unpaired) electrons. The van der Waals surface area contributed by atoms with Crippen LogP contribution in [0.1, 0.15) is 0 Å². The summed E-state index contributed by atoms with van der Waals surface area (Å²) < 4.78 is 0. The summed E-state index contributed by atoms with van der Waals surface area (Å²) in [5, 5.41) is 3.06. The van der Waals surface area contributed by atoms with Gasteiger partial charge in [0.15, 0.2) is 0 Å². The molecule has 10 heavy (non-hydrogen) atoms. The fourth-order valence-corrected chi connectivity index (χ4v) is 2.90. The molecule has 0 aliphatic rings. The minimum Gasteiger partial charge on any atom is -0.0929 e. The average Bonchev–Trinajstić information content (AvgIpc) is 2.04. The van der Waals surface area contributed by atoms with Crippen molar-refractivity contribution in [2.24, 2.45) is 0 Å². The van der Waals surface area contributed by atoms with E-state index in [1.54, 1.807) is 0 Å². The molecule has 0 fully saturated rings. The van der Waals surface area contributed by atoms with E-state index < -0.39 is 0 Å². The predicted molar refractivity (Wildman–Crippen MR) is 54.2 cm³/mol. The van der Waals surface area contributed by atoms with E-state index >= 15 is 0 Å². The zero-order valence-electron chi connectivity index (χ0n) is 6.31. The Kier molecular flexibility index (Phi) is 3.32. The summed E-state index contributed by atoms with van der Waals surface area (Å²) in [6.07, 6.45) is 0. The van der Waals surface area contributed by atoms with Crippen LogP contribution in [0.15, 0.2) is 24.3 Å². The molecule has 0 saturated carbocycles. The Hall–Kier alpha value is 0.0800. The molecular formula is C8H12P2. The normalized spacial score (nSPS) is 12.2. The zero-order chi connectivity index (χ0) is 7.40. The minimum atomic E-state index is 0.943. The Labute approximate surface area is 66.0 Å². The smallest absolute Gasteiger partial charge is 0.0200 e. The highest BCUT2D eigenvalue weighted by Crippen LogP contribution is 2.08. The second-order valence-electron chi connectivity index (χ2n) is 2.05. The van der Waals surface area contributed by atoms with E-state index in [9.17, 15) is 0 Å². The molecule has 54 valence electrons. The van der Waals surface area contributed by atoms with E-state index in [1.807, 2.05) is 0 Å². The molecule has 0 saturated heterocycles. The summed E-state index contributed by atoms with van der Waals surface area (Å²) in [5.41, 5.74) is 0. The molecule has 2 unspecified atom stereocenters. The van der Waals surface area contributed by atoms with Crippen molar-refractivity contribution in [2.45, 2.75) is 0 Å². The molecule has 0 spiro atoms. The Bertz CT molecular complexity index is 185. The van der Waals surface area contributed by atoms with Crippen molar-refractivity contribution in [3.8, 4) is 0 Å². The van der Waals surface area contributed by atoms with Gasteiger partial charge in [0.05, 0.1) is 0 Å². The maximum absolute atomic E-state index is 2.24. The van der Waals surface area contributed by atoms with Crippen LogP contribution in [0.4, 0.5) is 0 Å². The van der Waals surface area contributed by atoms with Gasteiger partial charge in [0.2, 0.25) is 0 Å². The monoisotopic (exact) mass is 170 g/mol. The molecule has 1 rings (SSSR count). The molecule has 2 heteroatoms. The van der Waals surface area contributed by atoms with Crippen LogP contribution in [0.25, 0.3) is 0 Å². The largest absolute Gasteiger partial charge is 0.0929 e. The Morgan fingerprint density at radius 3 is 1.60 bits per heavy atom. The standard InChI is InChI=1S/C8H12P2/c1-9-7-5-3-4-6-8(7)10-2/h3-6,9-10H,1-2H3. The molecule has 0 amide bonds. The molecule has 0 nitrogen and oxygen atoms in total. The van der Waals surface area contributed by atoms with E-state index in [1.165, 1.54) is 10.6 Å². The third-order valence-electron chi connectivity index (χ3n) is 1.47. The van der Waals surface area contributed by atoms with Crippen molar-refractivity contribution in [2.75, 3.05) is 13.3 Å². The highest BCUT2D eigenvalue weighted by Gasteiger charge is 1.93. The molecule has 1 aromatic carbocycles. The molecule has 0 aliphatic heterocycles. The molecular weight excluding hydrogens is 158 g/mol. The zero-order valence-corrected chi connectivity index (χ0v) is 8.31. The highest BCUT2D eigenvalue weighted by molar-refractivity contribution is 7.53. The first-order chi connectivity index (χ1) is 4.88. The SMILES string of the molecule is CPc1ccccc1PC. The number of benzene rings is 1. The Morgan fingerprint density at radius 1 is 0.900 bits per heavy atom. The van der Waals surface area contributed by atoms with Gasteiger partial charge in [0.1, 0.15) is 0 Å². The van der Waals surface area contributed by atoms with E-state index in [4.69, 9.17) is 0 Å². The van der Waals surface area contributed by atoms with Crippen LogP contribution < -0.4 is 10.6 Å². The Balaban J connectivity index is 2.96. The van der Waals surface area contributed by atoms with Crippen molar-refractivity contribution in [1.29, 1.82) is 0 Å². The van der Waals surface area contributed by atoms with Crippen LogP contribution in [-0.4, -0.2) is 13.3 Å². The summed E-state index contributed by atoms with van der Waals surface area (Å²) >= 11 is 0. The fraction of sp³-hybridized carbons (Fsp3) is 0.250. The van der Waals surface area contributed by atoms with Gasteiger partial charge in [-0.15, -0.1) is 0 Å². The Morgan fingerprint density at radius 2 is 1.30 bits per heavy atom. The molecule has 0 heterocycles. The molecule has 0 aliphatic carbocycles. The van der Waals surface area contributed by atoms with E-state index in [0.717, 1.165) is 17.2 Å². The second-order valence-corrected chi connectivity index (χ2v) is 4.12. The van der Waals surface area contributed by atoms with E-state index in [0.29, 0.717) is 0 Å². The van der Waals surface area contributed by atoms with Crippen LogP contribution in [0.3, 0.4) is 0 Å². The van der Waals surface area contributed by atoms with Gasteiger partial charge in [-0.25, -0.2) is 0 Å². The lowest BCUT2D eigenvalue weighted by molar-refractivity contribution is 1.83. The minimum absolute atomic E-state index is 0.943. The van der Waals surface area contributed by atoms with Gasteiger partial charge in [-0.3, -0.25) is 0 Å². The second kappa shape index (κ2) is 4.06. The molecule has 0 N–H and O–H groups in total. The lowest BCUT2D eigenvalue weighted by atomic mass is 10.4. The molecule has 1 aromatic rings. The number of rotatable bonds is 2. The van der Waals surface area contributed by atoms with E-state index in [-0.39, 0.29) is 0 Å². The third kappa shape index (κ3) is 1.78. The van der Waals surface area contributed by atoms with Crippen LogP contribution in [0, 0.1) is 0 Å². The summed E-state index contributed by atoms with van der Waals surface area (Å²) in [6.45, 7) is 4.47. The summed E-state index contributed by atoms with van der Waals surface area (Å²) in [7, 11) is 1.89. The van der Waals surface area contributed by atoms with Gasteiger partial charge in [-0.2, -0.15) is 0 Å². The van der Waals surface area contributed by atoms with Crippen LogP contribution in [0.5, 0.6) is 0 Å². The van der Waals surface area contributed by atoms with Gasteiger partial charge in [0, 0.05) is 0 Å². The van der Waals surface area contributed by atoms with Gasteiger partial charge in [-0.1, -0.05) is 41.4 Å². The maximum Gasteiger partial charge on any atom is -0.0200 e. The first-order valence-electron chi connectivity index (χ1n) is 3.33. The lowest BCUT2D eigenvalue weighted by Gasteiger charge is -2.02. The van der Waals surface area contributed by atoms with Gasteiger partial charge < -0.3 is 0 Å². The van der Waals surface area contributed by atoms with Crippen LogP contribution in [0.2, 0.25) is 0 Å². The maximum atomic E-state index is 2.24. The van der Waals surface area contributed by atoms with Gasteiger partial charge >= 0.3 is 0 Å². The third-order valence-corrected chi connectivity index (χ3v) is 3.67. The summed E-state index contributed by atoms with van der Waals surface area (Å²) in [6, 6.07) is 8.69. The van der Waals surface area contributed by atoms with Gasteiger partial charge in [0.25, 0.3) is 0 Å². The molecule has 0 bridgehead atoms. The lowest BCUT2D eigenvalue weighted by Crippen LogP contribution is -2.13. The fourth-order valence-electron chi connectivity index (χ4n) is 0.919. The van der Waals surface area contributed by atoms with Crippen LogP contribution in [-0.2, 0) is 0 Å². The van der Waals surface area contributed by atoms with Crippen molar-refractivity contribution in [1.82, 2.24) is 0 Å². The predicted octanol–water partition coefficient (Wildman–Crippen LogP) is 1.55. The van der Waals surface area contributed by atoms with E-state index in [2.05, 4.69) is 37.6 Å². The first-order valence-corrected chi connectivity index (χ1v) is 6.33. The summed E-state index contributed by atoms with van der Waals surface area (Å²) in [4.78, 5) is 0. The topological polar surface area (TPSA) is 0 Å². The quantitative estimate of drug-likeness (QED) is 0.591. The first kappa shape index (κ1) is 8.18. The van der Waals surface area contributed by atoms with Gasteiger partial charge in [-0.05, 0) is 23.9 Å². The van der Waals surface area contributed by atoms with Crippen molar-refractivity contribution < 1.29 is 0 Å². The summed E-state index contributed by atoms with van der Waals surface area (Å²) in [5.74, 6) is 0. The molecule has 0 aromatic heterocycles. The van der Waals surface area contributed by atoms with Crippen molar-refractivity contribution in [3.05, 3.63) is 24.3 Å². The average molecular weight is 170 g/mol. The van der Waals surface area contributed by atoms with Crippen molar-refractivity contribution >= 4 is 27.8 Å². The van der Waals surface area contributed by atoms with Crippen molar-refractivity contribution in [3.63, 3.8) is 0 Å². The number of hydrogen-bond donors (Lipinski definition) is 0. The highest BCUT2D eigenvalue weighted by atomic mass is 31.1. The number of hydrogen-bond acceptors (Lipinski definition) is 0. The molecule has 2 atom stereocenters.